The van der Waals surface area contributed by atoms with Crippen LogP contribution >= 0.6 is 11.8 Å². The number of sulfonamides is 1. The van der Waals surface area contributed by atoms with Crippen molar-refractivity contribution in [2.24, 2.45) is 0 Å². The Morgan fingerprint density at radius 2 is 1.90 bits per heavy atom. The van der Waals surface area contributed by atoms with Crippen LogP contribution in [0, 0.1) is 6.92 Å². The van der Waals surface area contributed by atoms with E-state index in [0.29, 0.717) is 12.3 Å². The number of thioether (sulfide) groups is 1. The van der Waals surface area contributed by atoms with Crippen LogP contribution in [0.1, 0.15) is 25.8 Å². The van der Waals surface area contributed by atoms with E-state index in [2.05, 4.69) is 0 Å². The predicted octanol–water partition coefficient (Wildman–Crippen LogP) is 2.47. The van der Waals surface area contributed by atoms with Crippen molar-refractivity contribution in [2.45, 2.75) is 37.6 Å². The van der Waals surface area contributed by atoms with Crippen LogP contribution in [0.25, 0.3) is 0 Å². The van der Waals surface area contributed by atoms with Gasteiger partial charge in [0.2, 0.25) is 10.0 Å². The lowest BCUT2D eigenvalue weighted by Gasteiger charge is -2.36. The zero-order valence-corrected chi connectivity index (χ0v) is 14.3. The molecule has 2 rings (SSSR count). The lowest BCUT2D eigenvalue weighted by atomic mass is 10.0. The van der Waals surface area contributed by atoms with Gasteiger partial charge in [0.05, 0.1) is 4.90 Å². The molecule has 116 valence electrons. The van der Waals surface area contributed by atoms with Crippen molar-refractivity contribution in [2.75, 3.05) is 18.1 Å². The summed E-state index contributed by atoms with van der Waals surface area (Å²) in [5, 5.41) is 0. The first-order valence-corrected chi connectivity index (χ1v) is 9.56. The molecular formula is C15H21NO3S2. The van der Waals surface area contributed by atoms with Gasteiger partial charge in [0.15, 0.2) is 5.78 Å². The second-order valence-electron chi connectivity index (χ2n) is 5.63. The third kappa shape index (κ3) is 3.17. The maximum atomic E-state index is 12.9. The number of rotatable bonds is 3. The standard InChI is InChI=1S/C15H21NO3S2/c1-12-5-7-14(8-6-12)21(18,19)16-9-4-10-20-11-15(16,3)13(2)17/h5-8H,4,9-11H2,1-3H3/t15-/m0/s1. The molecule has 21 heavy (non-hydrogen) atoms. The Balaban J connectivity index is 2.48. The minimum absolute atomic E-state index is 0.104. The molecule has 0 spiro atoms. The van der Waals surface area contributed by atoms with E-state index < -0.39 is 15.6 Å². The van der Waals surface area contributed by atoms with Gasteiger partial charge in [-0.2, -0.15) is 16.1 Å². The number of benzene rings is 1. The summed E-state index contributed by atoms with van der Waals surface area (Å²) in [6.45, 7) is 5.51. The Bertz CT molecular complexity index is 625. The van der Waals surface area contributed by atoms with Crippen LogP contribution in [0.3, 0.4) is 0 Å². The lowest BCUT2D eigenvalue weighted by Crippen LogP contribution is -2.55. The maximum absolute atomic E-state index is 12.9. The van der Waals surface area contributed by atoms with Gasteiger partial charge in [-0.05, 0) is 45.1 Å². The number of Topliss-reactive ketones (excluding diaryl/α,β-unsaturated/α-hetero) is 1. The molecule has 1 fully saturated rings. The van der Waals surface area contributed by atoms with E-state index in [1.807, 2.05) is 6.92 Å². The van der Waals surface area contributed by atoms with E-state index in [1.54, 1.807) is 43.0 Å². The predicted molar refractivity (Wildman–Crippen MR) is 86.1 cm³/mol. The van der Waals surface area contributed by atoms with Gasteiger partial charge in [-0.3, -0.25) is 4.79 Å². The Hall–Kier alpha value is -0.850. The Morgan fingerprint density at radius 1 is 1.29 bits per heavy atom. The summed E-state index contributed by atoms with van der Waals surface area (Å²) in [7, 11) is -3.66. The molecule has 1 aromatic rings. The van der Waals surface area contributed by atoms with Crippen LogP contribution in [0.2, 0.25) is 0 Å². The van der Waals surface area contributed by atoms with Crippen molar-refractivity contribution in [3.05, 3.63) is 29.8 Å². The fourth-order valence-corrected chi connectivity index (χ4v) is 5.54. The van der Waals surface area contributed by atoms with Gasteiger partial charge < -0.3 is 0 Å². The number of ketones is 1. The smallest absolute Gasteiger partial charge is 0.244 e. The van der Waals surface area contributed by atoms with Crippen molar-refractivity contribution in [1.29, 1.82) is 0 Å². The Labute approximate surface area is 131 Å². The fraction of sp³-hybridized carbons (Fsp3) is 0.533. The van der Waals surface area contributed by atoms with Crippen LogP contribution < -0.4 is 0 Å². The van der Waals surface area contributed by atoms with E-state index in [0.717, 1.165) is 17.7 Å². The van der Waals surface area contributed by atoms with Crippen LogP contribution in [-0.2, 0) is 14.8 Å². The van der Waals surface area contributed by atoms with E-state index in [-0.39, 0.29) is 10.7 Å². The van der Waals surface area contributed by atoms with Crippen LogP contribution in [-0.4, -0.2) is 42.1 Å². The first kappa shape index (κ1) is 16.5. The first-order valence-electron chi connectivity index (χ1n) is 6.97. The van der Waals surface area contributed by atoms with Gasteiger partial charge in [-0.25, -0.2) is 8.42 Å². The fourth-order valence-electron chi connectivity index (χ4n) is 2.40. The second-order valence-corrected chi connectivity index (χ2v) is 8.59. The maximum Gasteiger partial charge on any atom is 0.244 e. The van der Waals surface area contributed by atoms with Crippen molar-refractivity contribution < 1.29 is 13.2 Å². The minimum Gasteiger partial charge on any atom is -0.298 e. The summed E-state index contributed by atoms with van der Waals surface area (Å²) in [4.78, 5) is 12.4. The molecule has 4 nitrogen and oxygen atoms in total. The number of hydrogen-bond donors (Lipinski definition) is 0. The number of carbonyl (C=O) groups is 1. The number of hydrogen-bond acceptors (Lipinski definition) is 4. The molecule has 1 atom stereocenters. The average molecular weight is 327 g/mol. The van der Waals surface area contributed by atoms with Gasteiger partial charge >= 0.3 is 0 Å². The molecule has 0 aliphatic carbocycles. The molecule has 0 unspecified atom stereocenters. The highest BCUT2D eigenvalue weighted by Crippen LogP contribution is 2.32. The third-order valence-electron chi connectivity index (χ3n) is 3.95. The Kier molecular flexibility index (Phi) is 4.80. The molecular weight excluding hydrogens is 306 g/mol. The van der Waals surface area contributed by atoms with Crippen LogP contribution in [0.5, 0.6) is 0 Å². The van der Waals surface area contributed by atoms with E-state index >= 15 is 0 Å². The molecule has 1 heterocycles. The summed E-state index contributed by atoms with van der Waals surface area (Å²) in [5.74, 6) is 1.28. The van der Waals surface area contributed by atoms with Crippen LogP contribution in [0.4, 0.5) is 0 Å². The number of nitrogens with zero attached hydrogens (tertiary/aromatic N) is 1. The highest BCUT2D eigenvalue weighted by atomic mass is 32.2. The second kappa shape index (κ2) is 6.10. The molecule has 1 aliphatic rings. The van der Waals surface area contributed by atoms with E-state index in [9.17, 15) is 13.2 Å². The molecule has 0 aromatic heterocycles. The first-order chi connectivity index (χ1) is 9.78. The molecule has 6 heteroatoms. The van der Waals surface area contributed by atoms with Gasteiger partial charge in [-0.1, -0.05) is 17.7 Å². The molecule has 1 saturated heterocycles. The minimum atomic E-state index is -3.66. The van der Waals surface area contributed by atoms with Crippen molar-refractivity contribution in [1.82, 2.24) is 4.31 Å². The number of carbonyl (C=O) groups excluding carboxylic acids is 1. The van der Waals surface area contributed by atoms with E-state index in [4.69, 9.17) is 0 Å². The monoisotopic (exact) mass is 327 g/mol. The molecule has 0 radical (unpaired) electrons. The van der Waals surface area contributed by atoms with Crippen molar-refractivity contribution in [3.63, 3.8) is 0 Å². The SMILES string of the molecule is CC(=O)[C@]1(C)CSCCCN1S(=O)(=O)c1ccc(C)cc1. The Morgan fingerprint density at radius 3 is 2.48 bits per heavy atom. The molecule has 0 N–H and O–H groups in total. The quantitative estimate of drug-likeness (QED) is 0.856. The van der Waals surface area contributed by atoms with Gasteiger partial charge in [-0.15, -0.1) is 0 Å². The van der Waals surface area contributed by atoms with Crippen LogP contribution in [0.15, 0.2) is 29.2 Å². The topological polar surface area (TPSA) is 54.5 Å². The third-order valence-corrected chi connectivity index (χ3v) is 7.33. The molecule has 1 aliphatic heterocycles. The summed E-state index contributed by atoms with van der Waals surface area (Å²) in [6.07, 6.45) is 0.763. The van der Waals surface area contributed by atoms with Gasteiger partial charge in [0, 0.05) is 12.3 Å². The summed E-state index contributed by atoms with van der Waals surface area (Å²) in [6, 6.07) is 6.79. The van der Waals surface area contributed by atoms with Crippen molar-refractivity contribution >= 4 is 27.6 Å². The average Bonchev–Trinajstić information content (AvgIpc) is 2.62. The highest BCUT2D eigenvalue weighted by molar-refractivity contribution is 7.99. The summed E-state index contributed by atoms with van der Waals surface area (Å²) in [5.41, 5.74) is 0.0416. The summed E-state index contributed by atoms with van der Waals surface area (Å²) >= 11 is 1.64. The molecule has 0 bridgehead atoms. The zero-order valence-electron chi connectivity index (χ0n) is 12.6. The van der Waals surface area contributed by atoms with Crippen molar-refractivity contribution in [3.8, 4) is 0 Å². The largest absolute Gasteiger partial charge is 0.298 e. The summed E-state index contributed by atoms with van der Waals surface area (Å²) < 4.78 is 27.3. The molecule has 1 aromatic carbocycles. The van der Waals surface area contributed by atoms with Gasteiger partial charge in [0.25, 0.3) is 0 Å². The lowest BCUT2D eigenvalue weighted by molar-refractivity contribution is -0.124. The highest BCUT2D eigenvalue weighted by Gasteiger charge is 2.44. The van der Waals surface area contributed by atoms with E-state index in [1.165, 1.54) is 11.2 Å². The molecule has 0 saturated carbocycles. The zero-order chi connectivity index (χ0) is 15.7. The van der Waals surface area contributed by atoms with Gasteiger partial charge in [0.1, 0.15) is 5.54 Å². The normalized spacial score (nSPS) is 24.5. The molecule has 0 amide bonds. The number of aryl methyl sites for hydroxylation is 1.